The molecule has 0 saturated heterocycles. The SMILES string of the molecule is CCCCCCCCC(CCCCCCCC)OC(=O)CCCCCCCN(CCO)CCCCCC(=O)OC1CCC(CCCCC)CC1. The number of hydrogen-bond acceptors (Lipinski definition) is 6. The molecule has 0 unspecified atom stereocenters. The molecule has 0 aromatic carbocycles. The van der Waals surface area contributed by atoms with Gasteiger partial charge in [0.15, 0.2) is 0 Å². The summed E-state index contributed by atoms with van der Waals surface area (Å²) in [6.07, 6.45) is 37.0. The molecule has 0 heterocycles. The largest absolute Gasteiger partial charge is 0.462 e. The lowest BCUT2D eigenvalue weighted by Gasteiger charge is -2.28. The van der Waals surface area contributed by atoms with Crippen molar-refractivity contribution in [3.63, 3.8) is 0 Å². The summed E-state index contributed by atoms with van der Waals surface area (Å²) < 4.78 is 11.8. The molecule has 6 heteroatoms. The van der Waals surface area contributed by atoms with Crippen LogP contribution in [-0.4, -0.2) is 60.4 Å². The summed E-state index contributed by atoms with van der Waals surface area (Å²) in [6, 6.07) is 0. The summed E-state index contributed by atoms with van der Waals surface area (Å²) in [4.78, 5) is 27.5. The van der Waals surface area contributed by atoms with Crippen LogP contribution in [0.1, 0.15) is 226 Å². The molecule has 0 atom stereocenters. The Hall–Kier alpha value is -1.14. The van der Waals surface area contributed by atoms with E-state index in [0.717, 1.165) is 96.1 Å². The number of carbonyl (C=O) groups is 2. The average Bonchev–Trinajstić information content (AvgIpc) is 3.11. The van der Waals surface area contributed by atoms with Crippen LogP contribution in [0.2, 0.25) is 0 Å². The number of aliphatic hydroxyl groups is 1. The van der Waals surface area contributed by atoms with Crippen LogP contribution in [0.3, 0.4) is 0 Å². The van der Waals surface area contributed by atoms with E-state index in [4.69, 9.17) is 9.47 Å². The van der Waals surface area contributed by atoms with Gasteiger partial charge in [0.05, 0.1) is 6.61 Å². The molecule has 0 spiro atoms. The van der Waals surface area contributed by atoms with Crippen molar-refractivity contribution >= 4 is 11.9 Å². The third-order valence-corrected chi connectivity index (χ3v) is 11.0. The Bertz CT molecular complexity index is 737. The fourth-order valence-corrected chi connectivity index (χ4v) is 7.67. The van der Waals surface area contributed by atoms with Crippen molar-refractivity contribution in [2.24, 2.45) is 5.92 Å². The molecule has 0 radical (unpaired) electrons. The van der Waals surface area contributed by atoms with E-state index in [0.29, 0.717) is 19.4 Å². The number of ether oxygens (including phenoxy) is 2. The zero-order valence-corrected chi connectivity index (χ0v) is 33.7. The van der Waals surface area contributed by atoms with Crippen LogP contribution in [-0.2, 0) is 19.1 Å². The topological polar surface area (TPSA) is 76.1 Å². The van der Waals surface area contributed by atoms with Gasteiger partial charge in [-0.05, 0) is 96.1 Å². The number of esters is 2. The molecule has 1 aliphatic carbocycles. The van der Waals surface area contributed by atoms with E-state index in [-0.39, 0.29) is 30.8 Å². The maximum atomic E-state index is 12.7. The molecule has 296 valence electrons. The van der Waals surface area contributed by atoms with Gasteiger partial charge in [-0.3, -0.25) is 9.59 Å². The maximum absolute atomic E-state index is 12.7. The van der Waals surface area contributed by atoms with Crippen LogP contribution in [0.4, 0.5) is 0 Å². The second-order valence-corrected chi connectivity index (χ2v) is 15.7. The molecule has 1 saturated carbocycles. The average molecular weight is 708 g/mol. The molecular weight excluding hydrogens is 622 g/mol. The van der Waals surface area contributed by atoms with Crippen molar-refractivity contribution in [1.82, 2.24) is 4.90 Å². The fourth-order valence-electron chi connectivity index (χ4n) is 7.67. The number of hydrogen-bond donors (Lipinski definition) is 1. The summed E-state index contributed by atoms with van der Waals surface area (Å²) in [5.41, 5.74) is 0. The van der Waals surface area contributed by atoms with E-state index < -0.39 is 0 Å². The Kier molecular flexibility index (Phi) is 32.7. The molecule has 50 heavy (non-hydrogen) atoms. The van der Waals surface area contributed by atoms with E-state index in [1.54, 1.807) is 0 Å². The third-order valence-electron chi connectivity index (χ3n) is 11.0. The van der Waals surface area contributed by atoms with Crippen LogP contribution in [0, 0.1) is 5.92 Å². The second kappa shape index (κ2) is 34.9. The highest BCUT2D eigenvalue weighted by atomic mass is 16.5. The zero-order valence-electron chi connectivity index (χ0n) is 33.7. The van der Waals surface area contributed by atoms with Gasteiger partial charge < -0.3 is 19.5 Å². The van der Waals surface area contributed by atoms with Crippen LogP contribution >= 0.6 is 0 Å². The van der Waals surface area contributed by atoms with Gasteiger partial charge >= 0.3 is 11.9 Å². The van der Waals surface area contributed by atoms with Gasteiger partial charge in [0.25, 0.3) is 0 Å². The molecule has 0 amide bonds. The Balaban J connectivity index is 2.13. The number of carbonyl (C=O) groups excluding carboxylic acids is 2. The lowest BCUT2D eigenvalue weighted by molar-refractivity contribution is -0.151. The predicted octanol–water partition coefficient (Wildman–Crippen LogP) is 12.3. The molecule has 1 fully saturated rings. The Morgan fingerprint density at radius 3 is 1.58 bits per heavy atom. The summed E-state index contributed by atoms with van der Waals surface area (Å²) in [5.74, 6) is 0.835. The normalized spacial score (nSPS) is 16.4. The van der Waals surface area contributed by atoms with Crippen LogP contribution in [0.15, 0.2) is 0 Å². The van der Waals surface area contributed by atoms with E-state index in [2.05, 4.69) is 25.7 Å². The van der Waals surface area contributed by atoms with Crippen molar-refractivity contribution in [3.8, 4) is 0 Å². The monoisotopic (exact) mass is 708 g/mol. The second-order valence-electron chi connectivity index (χ2n) is 15.7. The Morgan fingerprint density at radius 1 is 0.560 bits per heavy atom. The fraction of sp³-hybridized carbons (Fsp3) is 0.955. The molecule has 0 bridgehead atoms. The van der Waals surface area contributed by atoms with Crippen molar-refractivity contribution in [3.05, 3.63) is 0 Å². The number of rotatable bonds is 36. The highest BCUT2D eigenvalue weighted by molar-refractivity contribution is 5.69. The van der Waals surface area contributed by atoms with Gasteiger partial charge in [-0.25, -0.2) is 0 Å². The summed E-state index contributed by atoms with van der Waals surface area (Å²) in [6.45, 7) is 9.66. The predicted molar refractivity (Wildman–Crippen MR) is 212 cm³/mol. The van der Waals surface area contributed by atoms with Crippen LogP contribution in [0.5, 0.6) is 0 Å². The molecule has 0 aromatic heterocycles. The van der Waals surface area contributed by atoms with Gasteiger partial charge in [-0.15, -0.1) is 0 Å². The lowest BCUT2D eigenvalue weighted by atomic mass is 9.84. The molecule has 1 rings (SSSR count). The van der Waals surface area contributed by atoms with E-state index in [1.807, 2.05) is 0 Å². The van der Waals surface area contributed by atoms with Crippen molar-refractivity contribution in [1.29, 1.82) is 0 Å². The van der Waals surface area contributed by atoms with Crippen LogP contribution in [0.25, 0.3) is 0 Å². The number of unbranched alkanes of at least 4 members (excludes halogenated alkanes) is 18. The molecular formula is C44H85NO5. The first-order chi connectivity index (χ1) is 24.5. The zero-order chi connectivity index (χ0) is 36.3. The summed E-state index contributed by atoms with van der Waals surface area (Å²) in [5, 5.41) is 9.56. The molecule has 1 aliphatic rings. The van der Waals surface area contributed by atoms with E-state index in [9.17, 15) is 14.7 Å². The maximum Gasteiger partial charge on any atom is 0.306 e. The standard InChI is InChI=1S/C44H85NO5/c1-4-7-10-12-15-21-28-41(29-22-16-13-11-8-5-2)49-43(47)30-23-17-14-18-25-36-45(38-39-46)37-26-19-24-31-44(48)50-42-34-32-40(33-35-42)27-20-9-6-3/h40-42,46H,4-39H2,1-3H3. The van der Waals surface area contributed by atoms with Crippen molar-refractivity contribution in [2.45, 2.75) is 238 Å². The van der Waals surface area contributed by atoms with Gasteiger partial charge in [0, 0.05) is 19.4 Å². The molecule has 1 N–H and O–H groups in total. The third kappa shape index (κ3) is 28.4. The van der Waals surface area contributed by atoms with Gasteiger partial charge in [-0.2, -0.15) is 0 Å². The smallest absolute Gasteiger partial charge is 0.306 e. The number of aliphatic hydroxyl groups excluding tert-OH is 1. The molecule has 0 aromatic rings. The minimum absolute atomic E-state index is 0.00893. The highest BCUT2D eigenvalue weighted by Crippen LogP contribution is 2.30. The summed E-state index contributed by atoms with van der Waals surface area (Å²) in [7, 11) is 0. The van der Waals surface area contributed by atoms with E-state index >= 15 is 0 Å². The Morgan fingerprint density at radius 2 is 1.02 bits per heavy atom. The molecule has 0 aliphatic heterocycles. The quantitative estimate of drug-likeness (QED) is 0.0516. The van der Waals surface area contributed by atoms with Crippen molar-refractivity contribution in [2.75, 3.05) is 26.2 Å². The van der Waals surface area contributed by atoms with Crippen LogP contribution < -0.4 is 0 Å². The van der Waals surface area contributed by atoms with E-state index in [1.165, 1.54) is 116 Å². The minimum atomic E-state index is -0.0129. The Labute approximate surface area is 311 Å². The number of nitrogens with zero attached hydrogens (tertiary/aromatic N) is 1. The lowest BCUT2D eigenvalue weighted by Crippen LogP contribution is -2.29. The van der Waals surface area contributed by atoms with Gasteiger partial charge in [0.2, 0.25) is 0 Å². The first kappa shape index (κ1) is 46.9. The van der Waals surface area contributed by atoms with Crippen molar-refractivity contribution < 1.29 is 24.2 Å². The summed E-state index contributed by atoms with van der Waals surface area (Å²) >= 11 is 0. The highest BCUT2D eigenvalue weighted by Gasteiger charge is 2.23. The van der Waals surface area contributed by atoms with Gasteiger partial charge in [0.1, 0.15) is 12.2 Å². The minimum Gasteiger partial charge on any atom is -0.462 e. The molecule has 6 nitrogen and oxygen atoms in total. The van der Waals surface area contributed by atoms with Gasteiger partial charge in [-0.1, -0.05) is 136 Å². The first-order valence-corrected chi connectivity index (χ1v) is 22.2. The first-order valence-electron chi connectivity index (χ1n) is 22.2.